The normalized spacial score (nSPS) is 15.3. The van der Waals surface area contributed by atoms with E-state index >= 15 is 0 Å². The molecule has 0 aliphatic carbocycles. The lowest BCUT2D eigenvalue weighted by atomic mass is 9.93. The number of benzene rings is 1. The van der Waals surface area contributed by atoms with Crippen LogP contribution in [0.4, 0.5) is 8.78 Å². The van der Waals surface area contributed by atoms with Crippen molar-refractivity contribution in [3.8, 4) is 5.75 Å². The van der Waals surface area contributed by atoms with Gasteiger partial charge in [0.05, 0.1) is 11.6 Å². The predicted molar refractivity (Wildman–Crippen MR) is 77.0 cm³/mol. The van der Waals surface area contributed by atoms with E-state index in [-0.39, 0.29) is 12.2 Å². The third-order valence-electron chi connectivity index (χ3n) is 3.23. The highest BCUT2D eigenvalue weighted by Crippen LogP contribution is 2.22. The minimum absolute atomic E-state index is 0.176. The summed E-state index contributed by atoms with van der Waals surface area (Å²) < 4.78 is 32.0. The van der Waals surface area contributed by atoms with Crippen LogP contribution in [-0.4, -0.2) is 24.1 Å². The molecule has 0 aliphatic heterocycles. The van der Waals surface area contributed by atoms with Gasteiger partial charge in [0.15, 0.2) is 11.6 Å². The molecule has 0 saturated carbocycles. The van der Waals surface area contributed by atoms with Crippen LogP contribution in [0, 0.1) is 11.6 Å². The molecule has 21 heavy (non-hydrogen) atoms. The van der Waals surface area contributed by atoms with Gasteiger partial charge in [-0.3, -0.25) is 4.79 Å². The second-order valence-corrected chi connectivity index (χ2v) is 5.33. The van der Waals surface area contributed by atoms with Crippen molar-refractivity contribution in [3.63, 3.8) is 0 Å². The van der Waals surface area contributed by atoms with E-state index < -0.39 is 29.2 Å². The fourth-order valence-corrected chi connectivity index (χ4v) is 2.06. The topological polar surface area (TPSA) is 64.3 Å². The Morgan fingerprint density at radius 3 is 2.71 bits per heavy atom. The number of carbonyl (C=O) groups is 1. The van der Waals surface area contributed by atoms with Crippen LogP contribution in [0.2, 0.25) is 0 Å². The van der Waals surface area contributed by atoms with Gasteiger partial charge in [-0.05, 0) is 38.9 Å². The maximum atomic E-state index is 13.5. The molecule has 3 N–H and O–H groups in total. The van der Waals surface area contributed by atoms with Gasteiger partial charge in [-0.1, -0.05) is 6.92 Å². The molecule has 2 unspecified atom stereocenters. The summed E-state index contributed by atoms with van der Waals surface area (Å²) in [5.41, 5.74) is 4.46. The fourth-order valence-electron chi connectivity index (χ4n) is 2.06. The number of nitrogens with one attached hydrogen (secondary N) is 1. The van der Waals surface area contributed by atoms with Crippen molar-refractivity contribution in [2.75, 3.05) is 6.54 Å². The zero-order valence-electron chi connectivity index (χ0n) is 12.6. The number of hydrogen-bond acceptors (Lipinski definition) is 3. The number of nitrogens with two attached hydrogens (primary N) is 1. The molecule has 0 bridgehead atoms. The Morgan fingerprint density at radius 2 is 2.14 bits per heavy atom. The van der Waals surface area contributed by atoms with Crippen LogP contribution in [-0.2, 0) is 4.79 Å². The second-order valence-electron chi connectivity index (χ2n) is 5.33. The molecule has 0 spiro atoms. The smallest absolute Gasteiger partial charge is 0.237 e. The summed E-state index contributed by atoms with van der Waals surface area (Å²) in [5.74, 6) is -1.91. The van der Waals surface area contributed by atoms with E-state index in [0.717, 1.165) is 24.6 Å². The van der Waals surface area contributed by atoms with Gasteiger partial charge in [0.1, 0.15) is 5.82 Å². The van der Waals surface area contributed by atoms with Crippen molar-refractivity contribution in [1.82, 2.24) is 5.32 Å². The van der Waals surface area contributed by atoms with E-state index in [1.54, 1.807) is 13.8 Å². The average Bonchev–Trinajstić information content (AvgIpc) is 2.40. The zero-order chi connectivity index (χ0) is 16.0. The predicted octanol–water partition coefficient (Wildman–Crippen LogP) is 2.37. The first-order valence-electron chi connectivity index (χ1n) is 6.95. The van der Waals surface area contributed by atoms with Gasteiger partial charge in [-0.15, -0.1) is 0 Å². The number of halogens is 2. The van der Waals surface area contributed by atoms with E-state index in [0.29, 0.717) is 6.54 Å². The first-order chi connectivity index (χ1) is 9.78. The first kappa shape index (κ1) is 17.4. The van der Waals surface area contributed by atoms with E-state index in [4.69, 9.17) is 10.5 Å². The Labute approximate surface area is 123 Å². The molecule has 4 nitrogen and oxygen atoms in total. The number of hydrogen-bond donors (Lipinski definition) is 2. The largest absolute Gasteiger partial charge is 0.487 e. The average molecular weight is 300 g/mol. The Kier molecular flexibility index (Phi) is 6.08. The number of rotatable bonds is 8. The molecule has 1 rings (SSSR count). The van der Waals surface area contributed by atoms with Crippen molar-refractivity contribution in [3.05, 3.63) is 29.8 Å². The van der Waals surface area contributed by atoms with Gasteiger partial charge < -0.3 is 15.8 Å². The maximum Gasteiger partial charge on any atom is 0.237 e. The van der Waals surface area contributed by atoms with Gasteiger partial charge in [0.2, 0.25) is 5.91 Å². The van der Waals surface area contributed by atoms with Gasteiger partial charge in [-0.2, -0.15) is 0 Å². The summed E-state index contributed by atoms with van der Waals surface area (Å²) in [6.07, 6.45) is 0.581. The zero-order valence-corrected chi connectivity index (χ0v) is 12.6. The van der Waals surface area contributed by atoms with Crippen LogP contribution < -0.4 is 15.8 Å². The summed E-state index contributed by atoms with van der Waals surface area (Å²) in [4.78, 5) is 11.6. The van der Waals surface area contributed by atoms with Crippen LogP contribution in [0.1, 0.15) is 33.6 Å². The molecule has 1 aromatic carbocycles. The van der Waals surface area contributed by atoms with E-state index in [1.807, 2.05) is 6.92 Å². The van der Waals surface area contributed by atoms with Crippen LogP contribution in [0.25, 0.3) is 0 Å². The summed E-state index contributed by atoms with van der Waals surface area (Å²) >= 11 is 0. The highest BCUT2D eigenvalue weighted by Gasteiger charge is 2.33. The third kappa shape index (κ3) is 4.97. The Hall–Kier alpha value is -1.69. The lowest BCUT2D eigenvalue weighted by Crippen LogP contribution is -2.55. The Bertz CT molecular complexity index is 497. The maximum absolute atomic E-state index is 13.5. The van der Waals surface area contributed by atoms with Crippen LogP contribution in [0.5, 0.6) is 5.75 Å². The minimum Gasteiger partial charge on any atom is -0.487 e. The van der Waals surface area contributed by atoms with Crippen LogP contribution >= 0.6 is 0 Å². The van der Waals surface area contributed by atoms with Gasteiger partial charge >= 0.3 is 0 Å². The van der Waals surface area contributed by atoms with Crippen molar-refractivity contribution in [1.29, 1.82) is 0 Å². The van der Waals surface area contributed by atoms with Gasteiger partial charge in [0.25, 0.3) is 0 Å². The fraction of sp³-hybridized carbons (Fsp3) is 0.533. The molecule has 0 aliphatic rings. The van der Waals surface area contributed by atoms with E-state index in [9.17, 15) is 13.6 Å². The SMILES string of the molecule is CCCNC(C)(CC(C)Oc1cc(F)ccc1F)C(N)=O. The molecule has 0 saturated heterocycles. The molecule has 1 aromatic rings. The second kappa shape index (κ2) is 7.36. The molecular formula is C15H22F2N2O2. The summed E-state index contributed by atoms with van der Waals surface area (Å²) in [7, 11) is 0. The number of amides is 1. The monoisotopic (exact) mass is 300 g/mol. The molecule has 0 heterocycles. The summed E-state index contributed by atoms with van der Waals surface area (Å²) in [5, 5.41) is 3.07. The van der Waals surface area contributed by atoms with Crippen molar-refractivity contribution < 1.29 is 18.3 Å². The van der Waals surface area contributed by atoms with Crippen molar-refractivity contribution in [2.45, 2.75) is 45.3 Å². The molecule has 0 radical (unpaired) electrons. The van der Waals surface area contributed by atoms with Gasteiger partial charge in [0, 0.05) is 12.5 Å². The first-order valence-corrected chi connectivity index (χ1v) is 6.95. The number of ether oxygens (including phenoxy) is 1. The number of primary amides is 1. The quantitative estimate of drug-likeness (QED) is 0.774. The van der Waals surface area contributed by atoms with E-state index in [2.05, 4.69) is 5.32 Å². The van der Waals surface area contributed by atoms with Crippen molar-refractivity contribution in [2.24, 2.45) is 5.73 Å². The molecule has 118 valence electrons. The molecule has 0 aromatic heterocycles. The van der Waals surface area contributed by atoms with Crippen molar-refractivity contribution >= 4 is 5.91 Å². The van der Waals surface area contributed by atoms with Crippen LogP contribution in [0.3, 0.4) is 0 Å². The molecule has 0 fully saturated rings. The highest BCUT2D eigenvalue weighted by molar-refractivity contribution is 5.84. The Balaban J connectivity index is 2.76. The molecule has 6 heteroatoms. The summed E-state index contributed by atoms with van der Waals surface area (Å²) in [6.45, 7) is 5.95. The molecule has 2 atom stereocenters. The standard InChI is InChI=1S/C15H22F2N2O2/c1-4-7-19-15(3,14(18)20)9-10(2)21-13-8-11(16)5-6-12(13)17/h5-6,8,10,19H,4,7,9H2,1-3H3,(H2,18,20). The van der Waals surface area contributed by atoms with Gasteiger partial charge in [-0.25, -0.2) is 8.78 Å². The van der Waals surface area contributed by atoms with Crippen LogP contribution in [0.15, 0.2) is 18.2 Å². The highest BCUT2D eigenvalue weighted by atomic mass is 19.1. The Morgan fingerprint density at radius 1 is 1.48 bits per heavy atom. The lowest BCUT2D eigenvalue weighted by Gasteiger charge is -2.30. The minimum atomic E-state index is -0.959. The molecular weight excluding hydrogens is 278 g/mol. The molecule has 1 amide bonds. The van der Waals surface area contributed by atoms with E-state index in [1.165, 1.54) is 0 Å². The lowest BCUT2D eigenvalue weighted by molar-refractivity contribution is -0.124. The number of carbonyl (C=O) groups excluding carboxylic acids is 1. The third-order valence-corrected chi connectivity index (χ3v) is 3.23. The summed E-state index contributed by atoms with van der Waals surface area (Å²) in [6, 6.07) is 3.00.